The summed E-state index contributed by atoms with van der Waals surface area (Å²) in [7, 11) is 0. The molecule has 1 unspecified atom stereocenters. The predicted molar refractivity (Wildman–Crippen MR) is 76.5 cm³/mol. The molecule has 0 aliphatic heterocycles. The molecule has 0 fully saturated rings. The van der Waals surface area contributed by atoms with Crippen LogP contribution in [0.25, 0.3) is 0 Å². The molecule has 0 radical (unpaired) electrons. The van der Waals surface area contributed by atoms with Crippen LogP contribution in [0.3, 0.4) is 0 Å². The summed E-state index contributed by atoms with van der Waals surface area (Å²) in [6.07, 6.45) is 1.53. The molecule has 0 spiro atoms. The average molecular weight is 267 g/mol. The molecule has 1 atom stereocenters. The normalized spacial score (nSPS) is 12.3. The number of nitrogens with one attached hydrogen (secondary N) is 1. The van der Waals surface area contributed by atoms with Crippen LogP contribution in [-0.4, -0.2) is 44.1 Å². The molecule has 0 saturated carbocycles. The number of hydrogen-bond donors (Lipinski definition) is 2. The van der Waals surface area contributed by atoms with Crippen LogP contribution in [0.5, 0.6) is 5.75 Å². The van der Waals surface area contributed by atoms with E-state index in [-0.39, 0.29) is 0 Å². The van der Waals surface area contributed by atoms with Gasteiger partial charge in [0.15, 0.2) is 0 Å². The van der Waals surface area contributed by atoms with E-state index in [4.69, 9.17) is 9.47 Å². The van der Waals surface area contributed by atoms with E-state index in [0.717, 1.165) is 38.3 Å². The monoisotopic (exact) mass is 267 g/mol. The minimum atomic E-state index is -0.489. The molecule has 0 aliphatic carbocycles. The highest BCUT2D eigenvalue weighted by atomic mass is 16.5. The Morgan fingerprint density at radius 1 is 1.21 bits per heavy atom. The first-order valence-electron chi connectivity index (χ1n) is 6.97. The van der Waals surface area contributed by atoms with Crippen LogP contribution in [0, 0.1) is 0 Å². The number of rotatable bonds is 11. The van der Waals surface area contributed by atoms with Gasteiger partial charge in [0.2, 0.25) is 0 Å². The Kier molecular flexibility index (Phi) is 9.06. The van der Waals surface area contributed by atoms with Gasteiger partial charge in [-0.1, -0.05) is 25.1 Å². The maximum Gasteiger partial charge on any atom is 0.119 e. The number of aliphatic hydroxyl groups excluding tert-OH is 1. The Labute approximate surface area is 115 Å². The Hall–Kier alpha value is -1.10. The summed E-state index contributed by atoms with van der Waals surface area (Å²) in [4.78, 5) is 0. The Bertz CT molecular complexity index is 306. The number of ether oxygens (including phenoxy) is 2. The molecule has 4 nitrogen and oxygen atoms in total. The smallest absolute Gasteiger partial charge is 0.119 e. The van der Waals surface area contributed by atoms with E-state index in [0.29, 0.717) is 13.2 Å². The van der Waals surface area contributed by atoms with Crippen LogP contribution in [0.2, 0.25) is 0 Å². The molecule has 1 aromatic carbocycles. The van der Waals surface area contributed by atoms with Crippen molar-refractivity contribution < 1.29 is 14.6 Å². The minimum Gasteiger partial charge on any atom is -0.491 e. The van der Waals surface area contributed by atoms with Crippen molar-refractivity contribution in [2.45, 2.75) is 25.9 Å². The highest BCUT2D eigenvalue weighted by Gasteiger charge is 2.04. The largest absolute Gasteiger partial charge is 0.491 e. The summed E-state index contributed by atoms with van der Waals surface area (Å²) in [6, 6.07) is 9.52. The van der Waals surface area contributed by atoms with Gasteiger partial charge < -0.3 is 19.9 Å². The molecule has 0 bridgehead atoms. The molecule has 0 aliphatic rings. The average Bonchev–Trinajstić information content (AvgIpc) is 2.45. The van der Waals surface area contributed by atoms with E-state index in [1.807, 2.05) is 30.3 Å². The van der Waals surface area contributed by atoms with Gasteiger partial charge >= 0.3 is 0 Å². The van der Waals surface area contributed by atoms with Crippen LogP contribution >= 0.6 is 0 Å². The Morgan fingerprint density at radius 2 is 2.00 bits per heavy atom. The van der Waals surface area contributed by atoms with Gasteiger partial charge in [-0.25, -0.2) is 0 Å². The fraction of sp³-hybridized carbons (Fsp3) is 0.600. The Balaban J connectivity index is 1.95. The molecule has 1 rings (SSSR count). The van der Waals surface area contributed by atoms with Crippen LogP contribution < -0.4 is 10.1 Å². The third kappa shape index (κ3) is 8.59. The zero-order chi connectivity index (χ0) is 13.8. The SMILES string of the molecule is CCCOCCCNCC(O)COc1ccccc1. The van der Waals surface area contributed by atoms with Crippen LogP contribution in [0.4, 0.5) is 0 Å². The van der Waals surface area contributed by atoms with E-state index in [1.165, 1.54) is 0 Å². The van der Waals surface area contributed by atoms with Gasteiger partial charge in [0.05, 0.1) is 0 Å². The first kappa shape index (κ1) is 16.0. The first-order chi connectivity index (χ1) is 9.33. The van der Waals surface area contributed by atoms with Gasteiger partial charge in [0.25, 0.3) is 0 Å². The number of benzene rings is 1. The van der Waals surface area contributed by atoms with E-state index in [1.54, 1.807) is 0 Å². The molecular formula is C15H25NO3. The number of hydrogen-bond acceptors (Lipinski definition) is 4. The van der Waals surface area contributed by atoms with Crippen molar-refractivity contribution in [2.75, 3.05) is 32.9 Å². The van der Waals surface area contributed by atoms with E-state index < -0.39 is 6.10 Å². The van der Waals surface area contributed by atoms with E-state index in [9.17, 15) is 5.11 Å². The predicted octanol–water partition coefficient (Wildman–Crippen LogP) is 1.83. The van der Waals surface area contributed by atoms with Crippen molar-refractivity contribution in [3.8, 4) is 5.75 Å². The zero-order valence-corrected chi connectivity index (χ0v) is 11.7. The lowest BCUT2D eigenvalue weighted by Gasteiger charge is -2.13. The molecule has 108 valence electrons. The maximum absolute atomic E-state index is 9.73. The molecule has 1 aromatic rings. The van der Waals surface area contributed by atoms with Crippen LogP contribution in [0.15, 0.2) is 30.3 Å². The summed E-state index contributed by atoms with van der Waals surface area (Å²) in [6.45, 7) is 5.41. The number of para-hydroxylation sites is 1. The van der Waals surface area contributed by atoms with Crippen LogP contribution in [0.1, 0.15) is 19.8 Å². The molecule has 0 saturated heterocycles. The van der Waals surface area contributed by atoms with Crippen molar-refractivity contribution in [1.82, 2.24) is 5.32 Å². The molecular weight excluding hydrogens is 242 g/mol. The van der Waals surface area contributed by atoms with Crippen molar-refractivity contribution >= 4 is 0 Å². The zero-order valence-electron chi connectivity index (χ0n) is 11.7. The molecule has 0 heterocycles. The summed E-state index contributed by atoms with van der Waals surface area (Å²) in [5.41, 5.74) is 0. The van der Waals surface area contributed by atoms with Gasteiger partial charge in [-0.05, 0) is 31.5 Å². The molecule has 19 heavy (non-hydrogen) atoms. The molecule has 0 aromatic heterocycles. The Morgan fingerprint density at radius 3 is 2.74 bits per heavy atom. The minimum absolute atomic E-state index is 0.309. The van der Waals surface area contributed by atoms with Gasteiger partial charge in [-0.2, -0.15) is 0 Å². The lowest BCUT2D eigenvalue weighted by molar-refractivity contribution is 0.103. The van der Waals surface area contributed by atoms with Crippen molar-refractivity contribution in [2.24, 2.45) is 0 Å². The highest BCUT2D eigenvalue weighted by Crippen LogP contribution is 2.08. The molecule has 4 heteroatoms. The second-order valence-electron chi connectivity index (χ2n) is 4.45. The lowest BCUT2D eigenvalue weighted by atomic mass is 10.3. The summed E-state index contributed by atoms with van der Waals surface area (Å²) in [5, 5.41) is 12.9. The van der Waals surface area contributed by atoms with Crippen LogP contribution in [-0.2, 0) is 4.74 Å². The third-order valence-electron chi connectivity index (χ3n) is 2.56. The quantitative estimate of drug-likeness (QED) is 0.601. The van der Waals surface area contributed by atoms with Crippen molar-refractivity contribution in [3.63, 3.8) is 0 Å². The lowest BCUT2D eigenvalue weighted by Crippen LogP contribution is -2.32. The van der Waals surface area contributed by atoms with E-state index >= 15 is 0 Å². The van der Waals surface area contributed by atoms with Gasteiger partial charge in [-0.3, -0.25) is 0 Å². The maximum atomic E-state index is 9.73. The summed E-state index contributed by atoms with van der Waals surface area (Å²) in [5.74, 6) is 0.787. The van der Waals surface area contributed by atoms with E-state index in [2.05, 4.69) is 12.2 Å². The first-order valence-corrected chi connectivity index (χ1v) is 6.97. The van der Waals surface area contributed by atoms with Gasteiger partial charge in [0.1, 0.15) is 18.5 Å². The summed E-state index contributed by atoms with van der Waals surface area (Å²) < 4.78 is 10.8. The standard InChI is InChI=1S/C15H25NO3/c1-2-10-18-11-6-9-16-12-14(17)13-19-15-7-4-3-5-8-15/h3-5,7-8,14,16-17H,2,6,9-13H2,1H3. The fourth-order valence-electron chi connectivity index (χ4n) is 1.58. The van der Waals surface area contributed by atoms with Crippen molar-refractivity contribution in [3.05, 3.63) is 30.3 Å². The highest BCUT2D eigenvalue weighted by molar-refractivity contribution is 5.20. The van der Waals surface area contributed by atoms with Crippen molar-refractivity contribution in [1.29, 1.82) is 0 Å². The second kappa shape index (κ2) is 10.8. The number of aliphatic hydroxyl groups is 1. The molecule has 2 N–H and O–H groups in total. The third-order valence-corrected chi connectivity index (χ3v) is 2.56. The second-order valence-corrected chi connectivity index (χ2v) is 4.45. The molecule has 0 amide bonds. The fourth-order valence-corrected chi connectivity index (χ4v) is 1.58. The van der Waals surface area contributed by atoms with Gasteiger partial charge in [0, 0.05) is 19.8 Å². The van der Waals surface area contributed by atoms with Gasteiger partial charge in [-0.15, -0.1) is 0 Å². The summed E-state index contributed by atoms with van der Waals surface area (Å²) >= 11 is 0. The topological polar surface area (TPSA) is 50.7 Å².